The molecular weight excluding hydrogens is 316 g/mol. The van der Waals surface area contributed by atoms with Crippen molar-refractivity contribution in [3.8, 4) is 17.6 Å². The Hall–Kier alpha value is -2.71. The SMILES string of the molecule is N#CCc1ccc(NC(=O)c2cc(Cl)c3c(c2)OCCO3)cc1. The average Bonchev–Trinajstić information content (AvgIpc) is 2.57. The minimum absolute atomic E-state index is 0.295. The quantitative estimate of drug-likeness (QED) is 0.937. The molecule has 116 valence electrons. The summed E-state index contributed by atoms with van der Waals surface area (Å²) in [6, 6.07) is 12.3. The van der Waals surface area contributed by atoms with Crippen molar-refractivity contribution in [2.24, 2.45) is 0 Å². The first-order valence-electron chi connectivity index (χ1n) is 7.04. The number of amides is 1. The van der Waals surface area contributed by atoms with Crippen molar-refractivity contribution in [3.05, 3.63) is 52.5 Å². The smallest absolute Gasteiger partial charge is 0.255 e. The van der Waals surface area contributed by atoms with Crippen LogP contribution >= 0.6 is 11.6 Å². The van der Waals surface area contributed by atoms with E-state index in [-0.39, 0.29) is 5.91 Å². The fourth-order valence-electron chi connectivity index (χ4n) is 2.24. The molecule has 1 aliphatic heterocycles. The molecule has 0 aromatic heterocycles. The summed E-state index contributed by atoms with van der Waals surface area (Å²) in [5.41, 5.74) is 1.93. The van der Waals surface area contributed by atoms with Crippen LogP contribution in [0.25, 0.3) is 0 Å². The third-order valence-corrected chi connectivity index (χ3v) is 3.63. The van der Waals surface area contributed by atoms with E-state index >= 15 is 0 Å². The van der Waals surface area contributed by atoms with Gasteiger partial charge in [0.25, 0.3) is 5.91 Å². The molecule has 1 aliphatic rings. The van der Waals surface area contributed by atoms with Gasteiger partial charge in [-0.25, -0.2) is 0 Å². The standard InChI is InChI=1S/C17H13ClN2O3/c18-14-9-12(10-15-16(14)23-8-7-22-15)17(21)20-13-3-1-11(2-4-13)5-6-19/h1-4,9-10H,5,7-8H2,(H,20,21). The molecule has 2 aromatic carbocycles. The van der Waals surface area contributed by atoms with Crippen LogP contribution in [-0.4, -0.2) is 19.1 Å². The van der Waals surface area contributed by atoms with E-state index in [1.54, 1.807) is 36.4 Å². The highest BCUT2D eigenvalue weighted by Gasteiger charge is 2.19. The van der Waals surface area contributed by atoms with Crippen LogP contribution in [0.4, 0.5) is 5.69 Å². The van der Waals surface area contributed by atoms with Gasteiger partial charge in [-0.3, -0.25) is 4.79 Å². The zero-order chi connectivity index (χ0) is 16.2. The maximum atomic E-state index is 12.3. The first-order chi connectivity index (χ1) is 11.2. The van der Waals surface area contributed by atoms with E-state index in [1.165, 1.54) is 0 Å². The van der Waals surface area contributed by atoms with E-state index in [9.17, 15) is 4.79 Å². The van der Waals surface area contributed by atoms with Crippen LogP contribution in [0.1, 0.15) is 15.9 Å². The number of nitrogens with one attached hydrogen (secondary N) is 1. The number of hydrogen-bond donors (Lipinski definition) is 1. The monoisotopic (exact) mass is 328 g/mol. The summed E-state index contributed by atoms with van der Waals surface area (Å²) in [5.74, 6) is 0.644. The van der Waals surface area contributed by atoms with E-state index in [2.05, 4.69) is 11.4 Å². The summed E-state index contributed by atoms with van der Waals surface area (Å²) >= 11 is 6.13. The van der Waals surface area contributed by atoms with Gasteiger partial charge in [0.15, 0.2) is 11.5 Å². The maximum absolute atomic E-state index is 12.3. The number of ether oxygens (including phenoxy) is 2. The molecule has 6 heteroatoms. The molecule has 0 radical (unpaired) electrons. The second kappa shape index (κ2) is 6.59. The van der Waals surface area contributed by atoms with E-state index in [0.717, 1.165) is 5.56 Å². The Kier molecular flexibility index (Phi) is 4.35. The fraction of sp³-hybridized carbons (Fsp3) is 0.176. The summed E-state index contributed by atoms with van der Waals surface area (Å²) < 4.78 is 10.9. The van der Waals surface area contributed by atoms with Crippen LogP contribution in [0.15, 0.2) is 36.4 Å². The van der Waals surface area contributed by atoms with Gasteiger partial charge < -0.3 is 14.8 Å². The molecule has 0 atom stereocenters. The summed E-state index contributed by atoms with van der Waals surface area (Å²) in [7, 11) is 0. The molecule has 3 rings (SSSR count). The van der Waals surface area contributed by atoms with Gasteiger partial charge in [-0.05, 0) is 29.8 Å². The number of nitriles is 1. The van der Waals surface area contributed by atoms with Crippen LogP contribution in [0, 0.1) is 11.3 Å². The summed E-state index contributed by atoms with van der Waals surface area (Å²) in [6.07, 6.45) is 0.339. The van der Waals surface area contributed by atoms with E-state index in [1.807, 2.05) is 0 Å². The molecule has 0 saturated heterocycles. The topological polar surface area (TPSA) is 71.4 Å². The third kappa shape index (κ3) is 3.38. The molecule has 1 heterocycles. The fourth-order valence-corrected chi connectivity index (χ4v) is 2.51. The lowest BCUT2D eigenvalue weighted by atomic mass is 10.1. The summed E-state index contributed by atoms with van der Waals surface area (Å²) in [6.45, 7) is 0.863. The molecule has 2 aromatic rings. The van der Waals surface area contributed by atoms with Gasteiger partial charge in [0.05, 0.1) is 17.5 Å². The number of rotatable bonds is 3. The molecule has 0 aliphatic carbocycles. The zero-order valence-corrected chi connectivity index (χ0v) is 12.9. The average molecular weight is 329 g/mol. The molecular formula is C17H13ClN2O3. The Morgan fingerprint density at radius 3 is 2.70 bits per heavy atom. The number of nitrogens with zero attached hydrogens (tertiary/aromatic N) is 1. The van der Waals surface area contributed by atoms with Gasteiger partial charge in [0.1, 0.15) is 13.2 Å². The van der Waals surface area contributed by atoms with E-state index in [0.29, 0.717) is 47.4 Å². The highest BCUT2D eigenvalue weighted by atomic mass is 35.5. The molecule has 0 fully saturated rings. The van der Waals surface area contributed by atoms with Crippen LogP contribution in [-0.2, 0) is 6.42 Å². The predicted octanol–water partition coefficient (Wildman–Crippen LogP) is 3.43. The van der Waals surface area contributed by atoms with Gasteiger partial charge in [0.2, 0.25) is 0 Å². The molecule has 5 nitrogen and oxygen atoms in total. The molecule has 0 bridgehead atoms. The Bertz CT molecular complexity index is 782. The van der Waals surface area contributed by atoms with Crippen LogP contribution in [0.5, 0.6) is 11.5 Å². The number of hydrogen-bond acceptors (Lipinski definition) is 4. The minimum Gasteiger partial charge on any atom is -0.486 e. The van der Waals surface area contributed by atoms with Crippen molar-refractivity contribution in [2.75, 3.05) is 18.5 Å². The zero-order valence-electron chi connectivity index (χ0n) is 12.1. The number of fused-ring (bicyclic) bond motifs is 1. The van der Waals surface area contributed by atoms with E-state index in [4.69, 9.17) is 26.3 Å². The first kappa shape index (κ1) is 15.2. The van der Waals surface area contributed by atoms with Crippen molar-refractivity contribution < 1.29 is 14.3 Å². The van der Waals surface area contributed by atoms with Crippen molar-refractivity contribution in [2.45, 2.75) is 6.42 Å². The van der Waals surface area contributed by atoms with E-state index < -0.39 is 0 Å². The molecule has 23 heavy (non-hydrogen) atoms. The molecule has 1 N–H and O–H groups in total. The van der Waals surface area contributed by atoms with Crippen LogP contribution in [0.3, 0.4) is 0 Å². The lowest BCUT2D eigenvalue weighted by Crippen LogP contribution is -2.17. The van der Waals surface area contributed by atoms with Crippen LogP contribution < -0.4 is 14.8 Å². The van der Waals surface area contributed by atoms with Gasteiger partial charge >= 0.3 is 0 Å². The minimum atomic E-state index is -0.295. The van der Waals surface area contributed by atoms with Crippen molar-refractivity contribution in [1.29, 1.82) is 5.26 Å². The number of carbonyl (C=O) groups is 1. The lowest BCUT2D eigenvalue weighted by Gasteiger charge is -2.20. The van der Waals surface area contributed by atoms with Crippen molar-refractivity contribution in [1.82, 2.24) is 0 Å². The van der Waals surface area contributed by atoms with Gasteiger partial charge in [-0.15, -0.1) is 0 Å². The summed E-state index contributed by atoms with van der Waals surface area (Å²) in [5, 5.41) is 11.8. The molecule has 0 saturated carbocycles. The predicted molar refractivity (Wildman–Crippen MR) is 86.2 cm³/mol. The van der Waals surface area contributed by atoms with Crippen LogP contribution in [0.2, 0.25) is 5.02 Å². The number of halogens is 1. The molecule has 1 amide bonds. The normalized spacial score (nSPS) is 12.3. The number of anilines is 1. The Morgan fingerprint density at radius 1 is 1.22 bits per heavy atom. The molecule has 0 spiro atoms. The van der Waals surface area contributed by atoms with Gasteiger partial charge in [0, 0.05) is 11.3 Å². The number of benzene rings is 2. The lowest BCUT2D eigenvalue weighted by molar-refractivity contribution is 0.102. The second-order valence-electron chi connectivity index (χ2n) is 4.97. The highest BCUT2D eigenvalue weighted by Crippen LogP contribution is 2.38. The first-order valence-corrected chi connectivity index (χ1v) is 7.41. The Labute approximate surface area is 138 Å². The van der Waals surface area contributed by atoms with Gasteiger partial charge in [-0.1, -0.05) is 23.7 Å². The largest absolute Gasteiger partial charge is 0.486 e. The third-order valence-electron chi connectivity index (χ3n) is 3.35. The van der Waals surface area contributed by atoms with Crippen molar-refractivity contribution in [3.63, 3.8) is 0 Å². The van der Waals surface area contributed by atoms with Gasteiger partial charge in [-0.2, -0.15) is 5.26 Å². The molecule has 0 unspecified atom stereocenters. The summed E-state index contributed by atoms with van der Waals surface area (Å²) in [4.78, 5) is 12.3. The highest BCUT2D eigenvalue weighted by molar-refractivity contribution is 6.32. The Balaban J connectivity index is 1.78. The second-order valence-corrected chi connectivity index (χ2v) is 5.38. The Morgan fingerprint density at radius 2 is 1.96 bits per heavy atom. The number of carbonyl (C=O) groups excluding carboxylic acids is 1. The van der Waals surface area contributed by atoms with Crippen molar-refractivity contribution >= 4 is 23.2 Å². The maximum Gasteiger partial charge on any atom is 0.255 e.